The number of hydrogen-bond acceptors (Lipinski definition) is 6. The summed E-state index contributed by atoms with van der Waals surface area (Å²) in [6.07, 6.45) is -1.23. The Balaban J connectivity index is 1.43. The lowest BCUT2D eigenvalue weighted by molar-refractivity contribution is -0.147. The molecule has 0 unspecified atom stereocenters. The van der Waals surface area contributed by atoms with Crippen LogP contribution in [0, 0.1) is 5.92 Å². The van der Waals surface area contributed by atoms with E-state index in [9.17, 15) is 24.3 Å². The van der Waals surface area contributed by atoms with E-state index in [0.29, 0.717) is 0 Å². The van der Waals surface area contributed by atoms with Crippen LogP contribution in [-0.2, 0) is 30.5 Å². The zero-order valence-corrected chi connectivity index (χ0v) is 23.0. The van der Waals surface area contributed by atoms with E-state index in [1.807, 2.05) is 68.4 Å². The largest absolute Gasteiger partial charge is 0.480 e. The number of carbonyl (C=O) groups excluding carboxylic acids is 3. The van der Waals surface area contributed by atoms with Crippen molar-refractivity contribution in [3.63, 3.8) is 0 Å². The predicted molar refractivity (Wildman–Crippen MR) is 152 cm³/mol. The Labute approximate surface area is 238 Å². The van der Waals surface area contributed by atoms with Gasteiger partial charge in [0.05, 0.1) is 6.42 Å². The highest BCUT2D eigenvalue weighted by Crippen LogP contribution is 2.44. The van der Waals surface area contributed by atoms with Crippen LogP contribution in [0.4, 0.5) is 4.79 Å². The number of amides is 2. The maximum Gasteiger partial charge on any atom is 0.407 e. The van der Waals surface area contributed by atoms with Crippen molar-refractivity contribution in [1.29, 1.82) is 0 Å². The van der Waals surface area contributed by atoms with Gasteiger partial charge < -0.3 is 25.2 Å². The SMILES string of the molecule is CC(C)C[C@H](NC(=O)[C@H](CC(=O)OCc1ccccc1)NC(=O)OCC1c2ccccc2-c2ccccc21)C(=O)O. The molecule has 9 heteroatoms. The third-order valence-electron chi connectivity index (χ3n) is 6.89. The van der Waals surface area contributed by atoms with Gasteiger partial charge in [0.2, 0.25) is 5.91 Å². The second kappa shape index (κ2) is 13.6. The number of carboxylic acid groups (broad SMARTS) is 1. The first-order valence-corrected chi connectivity index (χ1v) is 13.6. The highest BCUT2D eigenvalue weighted by atomic mass is 16.5. The van der Waals surface area contributed by atoms with Gasteiger partial charge in [-0.15, -0.1) is 0 Å². The molecule has 2 atom stereocenters. The Morgan fingerprint density at radius 2 is 1.37 bits per heavy atom. The number of fused-ring (bicyclic) bond motifs is 3. The second-order valence-electron chi connectivity index (χ2n) is 10.4. The average molecular weight is 559 g/mol. The second-order valence-corrected chi connectivity index (χ2v) is 10.4. The Bertz CT molecular complexity index is 1340. The first-order valence-electron chi connectivity index (χ1n) is 13.6. The fourth-order valence-corrected chi connectivity index (χ4v) is 4.92. The van der Waals surface area contributed by atoms with Crippen LogP contribution in [-0.4, -0.2) is 47.7 Å². The smallest absolute Gasteiger partial charge is 0.407 e. The number of carboxylic acids is 1. The monoisotopic (exact) mass is 558 g/mol. The summed E-state index contributed by atoms with van der Waals surface area (Å²) < 4.78 is 10.8. The summed E-state index contributed by atoms with van der Waals surface area (Å²) in [4.78, 5) is 50.4. The van der Waals surface area contributed by atoms with Crippen LogP contribution < -0.4 is 10.6 Å². The van der Waals surface area contributed by atoms with Gasteiger partial charge >= 0.3 is 18.0 Å². The molecule has 3 aromatic carbocycles. The molecular formula is C32H34N2O7. The van der Waals surface area contributed by atoms with Gasteiger partial charge in [0.15, 0.2) is 0 Å². The quantitative estimate of drug-likeness (QED) is 0.276. The molecule has 9 nitrogen and oxygen atoms in total. The van der Waals surface area contributed by atoms with Crippen LogP contribution >= 0.6 is 0 Å². The fraction of sp³-hybridized carbons (Fsp3) is 0.312. The topological polar surface area (TPSA) is 131 Å². The van der Waals surface area contributed by atoms with Crippen molar-refractivity contribution in [2.24, 2.45) is 5.92 Å². The van der Waals surface area contributed by atoms with E-state index in [2.05, 4.69) is 10.6 Å². The summed E-state index contributed by atoms with van der Waals surface area (Å²) in [5.74, 6) is -2.97. The number of carbonyl (C=O) groups is 4. The van der Waals surface area contributed by atoms with Gasteiger partial charge in [-0.05, 0) is 40.2 Å². The average Bonchev–Trinajstić information content (AvgIpc) is 3.28. The Hall–Kier alpha value is -4.66. The van der Waals surface area contributed by atoms with Crippen LogP contribution in [0.2, 0.25) is 0 Å². The molecule has 3 N–H and O–H groups in total. The molecule has 0 saturated heterocycles. The molecule has 0 bridgehead atoms. The summed E-state index contributed by atoms with van der Waals surface area (Å²) in [6, 6.07) is 22.2. The Kier molecular flexibility index (Phi) is 9.73. The number of hydrogen-bond donors (Lipinski definition) is 3. The molecule has 1 aliphatic rings. The van der Waals surface area contributed by atoms with E-state index < -0.39 is 42.4 Å². The molecular weight excluding hydrogens is 524 g/mol. The van der Waals surface area contributed by atoms with Crippen LogP contribution in [0.5, 0.6) is 0 Å². The standard InChI is InChI=1S/C32H34N2O7/c1-20(2)16-28(31(37)38)33-30(36)27(17-29(35)40-18-21-10-4-3-5-11-21)34-32(39)41-19-26-24-14-8-6-12-22(24)23-13-7-9-15-25(23)26/h3-15,20,26-28H,16-19H2,1-2H3,(H,33,36)(H,34,39)(H,37,38)/t27-,28-/m0/s1. The van der Waals surface area contributed by atoms with Crippen molar-refractivity contribution in [1.82, 2.24) is 10.6 Å². The normalized spacial score (nSPS) is 13.4. The zero-order chi connectivity index (χ0) is 29.4. The first kappa shape index (κ1) is 29.3. The minimum Gasteiger partial charge on any atom is -0.480 e. The van der Waals surface area contributed by atoms with E-state index in [0.717, 1.165) is 27.8 Å². The summed E-state index contributed by atoms with van der Waals surface area (Å²) in [5.41, 5.74) is 4.95. The fourth-order valence-electron chi connectivity index (χ4n) is 4.92. The van der Waals surface area contributed by atoms with Crippen LogP contribution in [0.15, 0.2) is 78.9 Å². The minimum atomic E-state index is -1.40. The molecule has 214 valence electrons. The summed E-state index contributed by atoms with van der Waals surface area (Å²) in [7, 11) is 0. The zero-order valence-electron chi connectivity index (χ0n) is 23.0. The third kappa shape index (κ3) is 7.72. The van der Waals surface area contributed by atoms with Crippen molar-refractivity contribution in [2.75, 3.05) is 6.61 Å². The van der Waals surface area contributed by atoms with E-state index in [-0.39, 0.29) is 31.5 Å². The van der Waals surface area contributed by atoms with Crippen molar-refractivity contribution in [3.8, 4) is 11.1 Å². The molecule has 41 heavy (non-hydrogen) atoms. The number of rotatable bonds is 12. The van der Waals surface area contributed by atoms with Crippen LogP contribution in [0.25, 0.3) is 11.1 Å². The molecule has 0 heterocycles. The van der Waals surface area contributed by atoms with Crippen molar-refractivity contribution in [3.05, 3.63) is 95.6 Å². The molecule has 4 rings (SSSR count). The molecule has 0 radical (unpaired) electrons. The Morgan fingerprint density at radius 1 is 0.780 bits per heavy atom. The van der Waals surface area contributed by atoms with Gasteiger partial charge in [0.25, 0.3) is 0 Å². The molecule has 1 aliphatic carbocycles. The Morgan fingerprint density at radius 3 is 1.95 bits per heavy atom. The van der Waals surface area contributed by atoms with E-state index in [1.54, 1.807) is 24.3 Å². The number of aliphatic carboxylic acids is 1. The number of esters is 1. The summed E-state index contributed by atoms with van der Waals surface area (Å²) >= 11 is 0. The van der Waals surface area contributed by atoms with Gasteiger partial charge in [-0.3, -0.25) is 9.59 Å². The molecule has 3 aromatic rings. The highest BCUT2D eigenvalue weighted by molar-refractivity contribution is 5.92. The lowest BCUT2D eigenvalue weighted by Crippen LogP contribution is -2.52. The van der Waals surface area contributed by atoms with Gasteiger partial charge in [-0.25, -0.2) is 9.59 Å². The predicted octanol–water partition coefficient (Wildman–Crippen LogP) is 4.64. The van der Waals surface area contributed by atoms with Crippen molar-refractivity contribution in [2.45, 2.75) is 51.3 Å². The van der Waals surface area contributed by atoms with Gasteiger partial charge in [-0.1, -0.05) is 92.7 Å². The molecule has 0 spiro atoms. The third-order valence-corrected chi connectivity index (χ3v) is 6.89. The molecule has 0 saturated carbocycles. The van der Waals surface area contributed by atoms with Gasteiger partial charge in [0.1, 0.15) is 25.3 Å². The van der Waals surface area contributed by atoms with Gasteiger partial charge in [0, 0.05) is 5.92 Å². The molecule has 0 fully saturated rings. The first-order chi connectivity index (χ1) is 19.7. The molecule has 0 aromatic heterocycles. The van der Waals surface area contributed by atoms with E-state index >= 15 is 0 Å². The van der Waals surface area contributed by atoms with Crippen molar-refractivity contribution < 1.29 is 33.8 Å². The lowest BCUT2D eigenvalue weighted by Gasteiger charge is -2.22. The maximum absolute atomic E-state index is 13.1. The molecule has 0 aliphatic heterocycles. The van der Waals surface area contributed by atoms with Crippen LogP contribution in [0.3, 0.4) is 0 Å². The minimum absolute atomic E-state index is 0.00986. The number of benzene rings is 3. The number of ether oxygens (including phenoxy) is 2. The van der Waals surface area contributed by atoms with Crippen LogP contribution in [0.1, 0.15) is 49.3 Å². The number of nitrogens with one attached hydrogen (secondary N) is 2. The summed E-state index contributed by atoms with van der Waals surface area (Å²) in [5, 5.41) is 14.5. The maximum atomic E-state index is 13.1. The summed E-state index contributed by atoms with van der Waals surface area (Å²) in [6.45, 7) is 3.66. The van der Waals surface area contributed by atoms with E-state index in [1.165, 1.54) is 0 Å². The van der Waals surface area contributed by atoms with Crippen molar-refractivity contribution >= 4 is 23.9 Å². The van der Waals surface area contributed by atoms with Gasteiger partial charge in [-0.2, -0.15) is 0 Å². The van der Waals surface area contributed by atoms with E-state index in [4.69, 9.17) is 9.47 Å². The molecule has 2 amide bonds. The lowest BCUT2D eigenvalue weighted by atomic mass is 9.98. The highest BCUT2D eigenvalue weighted by Gasteiger charge is 2.32. The number of alkyl carbamates (subject to hydrolysis) is 1.